The summed E-state index contributed by atoms with van der Waals surface area (Å²) in [6.07, 6.45) is 3.34. The van der Waals surface area contributed by atoms with Gasteiger partial charge in [0, 0.05) is 31.1 Å². The van der Waals surface area contributed by atoms with Crippen molar-refractivity contribution in [1.29, 1.82) is 0 Å². The van der Waals surface area contributed by atoms with E-state index in [0.717, 1.165) is 25.0 Å². The summed E-state index contributed by atoms with van der Waals surface area (Å²) >= 11 is 5.83. The smallest absolute Gasteiger partial charge is 0.298 e. The molecule has 2 aliphatic heterocycles. The number of aromatic nitrogens is 6. The number of piperidine rings is 1. The van der Waals surface area contributed by atoms with Crippen molar-refractivity contribution in [3.05, 3.63) is 75.7 Å². The highest BCUT2D eigenvalue weighted by Crippen LogP contribution is 2.25. The third-order valence-corrected chi connectivity index (χ3v) is 7.39. The van der Waals surface area contributed by atoms with Crippen LogP contribution in [0.4, 0.5) is 14.6 Å². The molecular weight excluding hydrogens is 542 g/mol. The van der Waals surface area contributed by atoms with Crippen molar-refractivity contribution in [3.8, 4) is 5.88 Å². The maximum atomic E-state index is 14.5. The lowest BCUT2D eigenvalue weighted by molar-refractivity contribution is -0.0593. The first kappa shape index (κ1) is 26.4. The average Bonchev–Trinajstić information content (AvgIpc) is 3.26. The molecule has 6 rings (SSSR count). The molecule has 0 amide bonds. The summed E-state index contributed by atoms with van der Waals surface area (Å²) in [4.78, 5) is 18.6. The molecule has 3 aromatic heterocycles. The van der Waals surface area contributed by atoms with Gasteiger partial charge < -0.3 is 18.9 Å². The quantitative estimate of drug-likeness (QED) is 0.287. The van der Waals surface area contributed by atoms with Crippen LogP contribution >= 0.6 is 11.6 Å². The molecule has 0 unspecified atom stereocenters. The summed E-state index contributed by atoms with van der Waals surface area (Å²) in [5.41, 5.74) is 1.65. The van der Waals surface area contributed by atoms with Crippen LogP contribution in [-0.2, 0) is 24.2 Å². The lowest BCUT2D eigenvalue weighted by Crippen LogP contribution is -2.39. The second kappa shape index (κ2) is 11.4. The van der Waals surface area contributed by atoms with Gasteiger partial charge in [0.15, 0.2) is 0 Å². The highest BCUT2D eigenvalue weighted by Gasteiger charge is 2.27. The summed E-state index contributed by atoms with van der Waals surface area (Å²) in [6, 6.07) is 6.02. The Labute approximate surface area is 233 Å². The topological polar surface area (TPSA) is 95.4 Å². The van der Waals surface area contributed by atoms with E-state index in [4.69, 9.17) is 32.6 Å². The fourth-order valence-electron chi connectivity index (χ4n) is 4.89. The zero-order valence-corrected chi connectivity index (χ0v) is 22.2. The minimum atomic E-state index is -0.658. The van der Waals surface area contributed by atoms with Crippen LogP contribution in [0.3, 0.4) is 0 Å². The van der Waals surface area contributed by atoms with E-state index >= 15 is 0 Å². The molecule has 0 N–H and O–H groups in total. The Kier molecular flexibility index (Phi) is 7.51. The van der Waals surface area contributed by atoms with Gasteiger partial charge in [-0.25, -0.2) is 14.4 Å². The Balaban J connectivity index is 1.10. The molecule has 0 radical (unpaired) electrons. The summed E-state index contributed by atoms with van der Waals surface area (Å²) in [5, 5.41) is 8.54. The van der Waals surface area contributed by atoms with Crippen molar-refractivity contribution in [2.45, 2.75) is 51.0 Å². The predicted octanol–water partition coefficient (Wildman–Crippen LogP) is 4.52. The SMILES string of the molecule is [C-]#[N+]c1cc2nc(CN3CCC(Oc4nc(Cc5ccc(Cl)cc5F)ncc4F)CC3)n(C[C@@H]3CCO3)c2nn1. The summed E-state index contributed by atoms with van der Waals surface area (Å²) < 4.78 is 42.3. The molecule has 0 bridgehead atoms. The molecule has 10 nitrogen and oxygen atoms in total. The third-order valence-electron chi connectivity index (χ3n) is 7.16. The molecule has 1 aromatic carbocycles. The minimum Gasteiger partial charge on any atom is -0.472 e. The Morgan fingerprint density at radius 3 is 2.65 bits per heavy atom. The highest BCUT2D eigenvalue weighted by molar-refractivity contribution is 6.30. The summed E-state index contributed by atoms with van der Waals surface area (Å²) in [7, 11) is 0. The van der Waals surface area contributed by atoms with Crippen LogP contribution in [0.5, 0.6) is 5.88 Å². The van der Waals surface area contributed by atoms with Gasteiger partial charge in [-0.1, -0.05) is 24.2 Å². The molecule has 2 saturated heterocycles. The van der Waals surface area contributed by atoms with Crippen LogP contribution in [0.15, 0.2) is 30.5 Å². The Morgan fingerprint density at radius 1 is 1.10 bits per heavy atom. The number of ether oxygens (including phenoxy) is 2. The molecule has 40 heavy (non-hydrogen) atoms. The monoisotopic (exact) mass is 566 g/mol. The number of hydrogen-bond acceptors (Lipinski definition) is 8. The third kappa shape index (κ3) is 5.72. The van der Waals surface area contributed by atoms with Crippen LogP contribution in [0.1, 0.15) is 36.5 Å². The van der Waals surface area contributed by atoms with E-state index in [1.165, 1.54) is 6.07 Å². The Morgan fingerprint density at radius 2 is 1.93 bits per heavy atom. The standard InChI is InChI=1S/C27H25ClF2N8O2/c1-31-23-12-22-26(36-35-23)38(14-19-6-9-39-19)25(33-22)15-37-7-4-18(5-8-37)40-27-21(30)13-32-24(34-27)10-16-2-3-17(28)11-20(16)29/h2-3,11-13,18-19H,4-10,14-15H2/t19-/m0/s1. The van der Waals surface area contributed by atoms with Crippen LogP contribution in [0.25, 0.3) is 16.0 Å². The van der Waals surface area contributed by atoms with E-state index in [1.54, 1.807) is 18.2 Å². The fraction of sp³-hybridized carbons (Fsp3) is 0.407. The van der Waals surface area contributed by atoms with E-state index in [9.17, 15) is 8.78 Å². The highest BCUT2D eigenvalue weighted by atomic mass is 35.5. The van der Waals surface area contributed by atoms with Gasteiger partial charge in [0.25, 0.3) is 11.7 Å². The minimum absolute atomic E-state index is 0.0900. The number of benzene rings is 1. The zero-order chi connectivity index (χ0) is 27.6. The normalized spacial score (nSPS) is 18.0. The Hall–Kier alpha value is -3.79. The van der Waals surface area contributed by atoms with E-state index in [-0.39, 0.29) is 36.2 Å². The molecule has 206 valence electrons. The van der Waals surface area contributed by atoms with Gasteiger partial charge in [-0.3, -0.25) is 4.90 Å². The van der Waals surface area contributed by atoms with Gasteiger partial charge in [-0.15, -0.1) is 0 Å². The van der Waals surface area contributed by atoms with Crippen LogP contribution in [-0.4, -0.2) is 66.5 Å². The molecule has 0 spiro atoms. The second-order valence-electron chi connectivity index (χ2n) is 9.89. The first-order valence-corrected chi connectivity index (χ1v) is 13.4. The van der Waals surface area contributed by atoms with Gasteiger partial charge >= 0.3 is 0 Å². The van der Waals surface area contributed by atoms with E-state index in [1.807, 2.05) is 4.57 Å². The van der Waals surface area contributed by atoms with Gasteiger partial charge in [-0.05, 0) is 53.2 Å². The number of halogens is 3. The largest absolute Gasteiger partial charge is 0.472 e. The number of fused-ring (bicyclic) bond motifs is 1. The van der Waals surface area contributed by atoms with Crippen molar-refractivity contribution in [2.75, 3.05) is 19.7 Å². The molecule has 13 heteroatoms. The molecule has 4 aromatic rings. The number of hydrogen-bond donors (Lipinski definition) is 0. The van der Waals surface area contributed by atoms with E-state index in [0.29, 0.717) is 60.8 Å². The Bertz CT molecular complexity index is 1580. The van der Waals surface area contributed by atoms with E-state index < -0.39 is 11.6 Å². The van der Waals surface area contributed by atoms with E-state index in [2.05, 4.69) is 29.9 Å². The maximum Gasteiger partial charge on any atom is 0.298 e. The van der Waals surface area contributed by atoms with Gasteiger partial charge in [-0.2, -0.15) is 9.37 Å². The molecule has 2 fully saturated rings. The van der Waals surface area contributed by atoms with Crippen molar-refractivity contribution in [2.24, 2.45) is 0 Å². The molecule has 5 heterocycles. The molecule has 0 saturated carbocycles. The lowest BCUT2D eigenvalue weighted by Gasteiger charge is -2.32. The number of likely N-dealkylation sites (tertiary alicyclic amines) is 1. The predicted molar refractivity (Wildman–Crippen MR) is 141 cm³/mol. The van der Waals surface area contributed by atoms with Crippen molar-refractivity contribution in [3.63, 3.8) is 0 Å². The van der Waals surface area contributed by atoms with Crippen molar-refractivity contribution in [1.82, 2.24) is 34.6 Å². The number of nitrogens with zero attached hydrogens (tertiary/aromatic N) is 8. The fourth-order valence-corrected chi connectivity index (χ4v) is 5.05. The molecular formula is C27H25ClF2N8O2. The van der Waals surface area contributed by atoms with Crippen LogP contribution in [0, 0.1) is 18.2 Å². The van der Waals surface area contributed by atoms with Crippen molar-refractivity contribution < 1.29 is 18.3 Å². The first-order chi connectivity index (χ1) is 19.4. The van der Waals surface area contributed by atoms with Crippen LogP contribution in [0.2, 0.25) is 5.02 Å². The van der Waals surface area contributed by atoms with Gasteiger partial charge in [0.05, 0.1) is 25.4 Å². The second-order valence-corrected chi connectivity index (χ2v) is 10.3. The number of imidazole rings is 1. The molecule has 1 atom stereocenters. The number of rotatable bonds is 8. The van der Waals surface area contributed by atoms with Gasteiger partial charge in [0.1, 0.15) is 29.1 Å². The van der Waals surface area contributed by atoms with Crippen LogP contribution < -0.4 is 4.74 Å². The summed E-state index contributed by atoms with van der Waals surface area (Å²) in [6.45, 7) is 10.6. The molecule has 0 aliphatic carbocycles. The maximum absolute atomic E-state index is 14.5. The first-order valence-electron chi connectivity index (χ1n) is 13.0. The molecule has 2 aliphatic rings. The summed E-state index contributed by atoms with van der Waals surface area (Å²) in [5.74, 6) is 0.0443. The average molecular weight is 567 g/mol. The van der Waals surface area contributed by atoms with Gasteiger partial charge in [0.2, 0.25) is 11.5 Å². The lowest BCUT2D eigenvalue weighted by atomic mass is 10.1. The zero-order valence-electron chi connectivity index (χ0n) is 21.4. The van der Waals surface area contributed by atoms with Crippen molar-refractivity contribution >= 4 is 28.6 Å².